The van der Waals surface area contributed by atoms with E-state index in [0.29, 0.717) is 5.75 Å². The largest absolute Gasteiger partial charge is 0.417 e. The summed E-state index contributed by atoms with van der Waals surface area (Å²) in [5, 5.41) is 0.262. The summed E-state index contributed by atoms with van der Waals surface area (Å²) >= 11 is 1.20. The summed E-state index contributed by atoms with van der Waals surface area (Å²) in [5.41, 5.74) is -0.896. The molecule has 0 bridgehead atoms. The number of halogens is 3. The Hall–Kier alpha value is -2.61. The van der Waals surface area contributed by atoms with Crippen LogP contribution in [-0.4, -0.2) is 28.9 Å². The van der Waals surface area contributed by atoms with Gasteiger partial charge >= 0.3 is 6.18 Å². The predicted molar refractivity (Wildman–Crippen MR) is 98.5 cm³/mol. The lowest BCUT2D eigenvalue weighted by Gasteiger charge is -2.20. The van der Waals surface area contributed by atoms with Gasteiger partial charge in [0.1, 0.15) is 0 Å². The Bertz CT molecular complexity index is 807. The fourth-order valence-electron chi connectivity index (χ4n) is 2.06. The molecule has 0 fully saturated rings. The maximum Gasteiger partial charge on any atom is 0.417 e. The van der Waals surface area contributed by atoms with Crippen LogP contribution >= 0.6 is 11.8 Å². The van der Waals surface area contributed by atoms with Crippen LogP contribution in [0.4, 0.5) is 18.9 Å². The number of para-hydroxylation sites is 1. The number of carbonyl (C=O) groups is 1. The van der Waals surface area contributed by atoms with Gasteiger partial charge in [-0.15, -0.1) is 6.58 Å². The molecule has 1 aromatic heterocycles. The summed E-state index contributed by atoms with van der Waals surface area (Å²) in [6, 6.07) is 9.83. The van der Waals surface area contributed by atoms with Crippen LogP contribution in [-0.2, 0) is 6.18 Å². The van der Waals surface area contributed by atoms with Gasteiger partial charge in [0.25, 0.3) is 5.91 Å². The highest BCUT2D eigenvalue weighted by Gasteiger charge is 2.35. The molecule has 0 aliphatic heterocycles. The number of amides is 1. The minimum atomic E-state index is -4.66. The Morgan fingerprint density at radius 3 is 2.62 bits per heavy atom. The lowest BCUT2D eigenvalue weighted by molar-refractivity contribution is -0.138. The second kappa shape index (κ2) is 8.66. The monoisotopic (exact) mass is 379 g/mol. The van der Waals surface area contributed by atoms with Crippen LogP contribution in [0, 0.1) is 0 Å². The Balaban J connectivity index is 2.41. The summed E-state index contributed by atoms with van der Waals surface area (Å²) in [5.74, 6) is -0.553. The quantitative estimate of drug-likeness (QED) is 0.441. The molecule has 0 saturated heterocycles. The lowest BCUT2D eigenvalue weighted by atomic mass is 10.1. The van der Waals surface area contributed by atoms with Crippen molar-refractivity contribution in [2.75, 3.05) is 17.7 Å². The number of hydrogen-bond acceptors (Lipinski definition) is 3. The highest BCUT2D eigenvalue weighted by atomic mass is 32.2. The zero-order valence-corrected chi connectivity index (χ0v) is 14.7. The van der Waals surface area contributed by atoms with Crippen molar-refractivity contribution in [2.24, 2.45) is 4.99 Å². The highest BCUT2D eigenvalue weighted by molar-refractivity contribution is 8.14. The molecule has 1 heterocycles. The number of thioether (sulfide) groups is 1. The molecule has 0 radical (unpaired) electrons. The molecule has 2 aromatic rings. The summed E-state index contributed by atoms with van der Waals surface area (Å²) in [7, 11) is 1.69. The van der Waals surface area contributed by atoms with E-state index >= 15 is 0 Å². The van der Waals surface area contributed by atoms with Crippen LogP contribution < -0.4 is 4.90 Å². The van der Waals surface area contributed by atoms with Crippen LogP contribution in [0.15, 0.2) is 66.4 Å². The normalized spacial score (nSPS) is 11.9. The minimum absolute atomic E-state index is 0.262. The number of aliphatic imine (C=N–C) groups is 1. The second-order valence-electron chi connectivity index (χ2n) is 5.11. The molecule has 0 spiro atoms. The van der Waals surface area contributed by atoms with Crippen molar-refractivity contribution in [2.45, 2.75) is 6.18 Å². The highest BCUT2D eigenvalue weighted by Crippen LogP contribution is 2.32. The van der Waals surface area contributed by atoms with Crippen molar-refractivity contribution in [3.8, 4) is 0 Å². The van der Waals surface area contributed by atoms with E-state index in [0.717, 1.165) is 24.1 Å². The fraction of sp³-hybridized carbons (Fsp3) is 0.167. The van der Waals surface area contributed by atoms with Gasteiger partial charge in [0.2, 0.25) is 0 Å². The summed E-state index contributed by atoms with van der Waals surface area (Å²) < 4.78 is 39.3. The number of alkyl halides is 3. The van der Waals surface area contributed by atoms with E-state index in [-0.39, 0.29) is 5.17 Å². The number of benzene rings is 1. The number of anilines is 1. The molecule has 136 valence electrons. The van der Waals surface area contributed by atoms with Crippen molar-refractivity contribution in [3.05, 3.63) is 72.6 Å². The van der Waals surface area contributed by atoms with Gasteiger partial charge in [0.05, 0.1) is 11.1 Å². The molecule has 26 heavy (non-hydrogen) atoms. The van der Waals surface area contributed by atoms with Gasteiger partial charge in [-0.2, -0.15) is 18.2 Å². The molecular weight excluding hydrogens is 363 g/mol. The number of carbonyl (C=O) groups excluding carboxylic acids is 1. The number of aromatic nitrogens is 1. The van der Waals surface area contributed by atoms with Gasteiger partial charge in [0, 0.05) is 30.9 Å². The minimum Gasteiger partial charge on any atom is -0.324 e. The van der Waals surface area contributed by atoms with Gasteiger partial charge < -0.3 is 4.90 Å². The van der Waals surface area contributed by atoms with Crippen LogP contribution in [0.25, 0.3) is 0 Å². The molecule has 0 N–H and O–H groups in total. The third kappa shape index (κ3) is 4.95. The smallest absolute Gasteiger partial charge is 0.324 e. The molecule has 1 aromatic carbocycles. The topological polar surface area (TPSA) is 45.6 Å². The standard InChI is InChI=1S/C18H16F3N3OS/c1-3-11-26-17(24(2)13-7-5-4-6-8-13)23-16(25)14-12-22-10-9-15(14)18(19,20)21/h3-10,12H,1,11H2,2H3. The maximum absolute atomic E-state index is 13.1. The molecular formula is C18H16F3N3OS. The average molecular weight is 379 g/mol. The van der Waals surface area contributed by atoms with Crippen molar-refractivity contribution in [3.63, 3.8) is 0 Å². The Morgan fingerprint density at radius 1 is 1.31 bits per heavy atom. The second-order valence-corrected chi connectivity index (χ2v) is 6.10. The van der Waals surface area contributed by atoms with Gasteiger partial charge in [-0.05, 0) is 18.2 Å². The molecule has 1 amide bonds. The predicted octanol–water partition coefficient (Wildman–Crippen LogP) is 4.65. The summed E-state index contributed by atoms with van der Waals surface area (Å²) in [4.78, 5) is 21.6. The maximum atomic E-state index is 13.1. The van der Waals surface area contributed by atoms with Crippen LogP contribution in [0.2, 0.25) is 0 Å². The van der Waals surface area contributed by atoms with E-state index in [1.807, 2.05) is 18.2 Å². The van der Waals surface area contributed by atoms with E-state index in [4.69, 9.17) is 0 Å². The van der Waals surface area contributed by atoms with E-state index in [1.165, 1.54) is 11.8 Å². The first-order valence-electron chi connectivity index (χ1n) is 7.51. The zero-order valence-electron chi connectivity index (χ0n) is 13.9. The van der Waals surface area contributed by atoms with Crippen LogP contribution in [0.3, 0.4) is 0 Å². The van der Waals surface area contributed by atoms with Gasteiger partial charge in [-0.25, -0.2) is 0 Å². The summed E-state index contributed by atoms with van der Waals surface area (Å²) in [6.07, 6.45) is -1.17. The number of amidine groups is 1. The Morgan fingerprint density at radius 2 is 2.00 bits per heavy atom. The Labute approximate surface area is 153 Å². The molecule has 8 heteroatoms. The average Bonchev–Trinajstić information content (AvgIpc) is 2.64. The van der Waals surface area contributed by atoms with E-state index in [1.54, 1.807) is 30.2 Å². The van der Waals surface area contributed by atoms with Crippen molar-refractivity contribution in [1.29, 1.82) is 0 Å². The summed E-state index contributed by atoms with van der Waals surface area (Å²) in [6.45, 7) is 3.61. The first-order chi connectivity index (χ1) is 12.3. The third-order valence-corrected chi connectivity index (χ3v) is 4.34. The van der Waals surface area contributed by atoms with Gasteiger partial charge in [-0.1, -0.05) is 36.0 Å². The van der Waals surface area contributed by atoms with Crippen molar-refractivity contribution >= 4 is 28.5 Å². The number of rotatable bonds is 4. The zero-order chi connectivity index (χ0) is 19.2. The third-order valence-electron chi connectivity index (χ3n) is 3.31. The SMILES string of the molecule is C=CCSC(=NC(=O)c1cnccc1C(F)(F)F)N(C)c1ccccc1. The molecule has 4 nitrogen and oxygen atoms in total. The number of nitrogens with zero attached hydrogens (tertiary/aromatic N) is 3. The molecule has 0 aliphatic rings. The van der Waals surface area contributed by atoms with E-state index < -0.39 is 23.2 Å². The number of hydrogen-bond donors (Lipinski definition) is 0. The van der Waals surface area contributed by atoms with Crippen LogP contribution in [0.5, 0.6) is 0 Å². The first-order valence-corrected chi connectivity index (χ1v) is 8.50. The van der Waals surface area contributed by atoms with E-state index in [2.05, 4.69) is 16.6 Å². The fourth-order valence-corrected chi connectivity index (χ4v) is 2.77. The van der Waals surface area contributed by atoms with E-state index in [9.17, 15) is 18.0 Å². The van der Waals surface area contributed by atoms with Gasteiger partial charge in [-0.3, -0.25) is 9.78 Å². The molecule has 0 aliphatic carbocycles. The van der Waals surface area contributed by atoms with Crippen LogP contribution in [0.1, 0.15) is 15.9 Å². The number of pyridine rings is 1. The first kappa shape index (κ1) is 19.7. The molecule has 0 unspecified atom stereocenters. The Kier molecular flexibility index (Phi) is 6.57. The molecule has 0 atom stereocenters. The molecule has 0 saturated carbocycles. The lowest BCUT2D eigenvalue weighted by Crippen LogP contribution is -2.25. The van der Waals surface area contributed by atoms with Crippen molar-refractivity contribution < 1.29 is 18.0 Å². The van der Waals surface area contributed by atoms with Crippen molar-refractivity contribution in [1.82, 2.24) is 4.98 Å². The van der Waals surface area contributed by atoms with Gasteiger partial charge in [0.15, 0.2) is 5.17 Å². The molecule has 2 rings (SSSR count).